The van der Waals surface area contributed by atoms with Gasteiger partial charge in [0.05, 0.1) is 23.7 Å². The molecular formula is C21H16ClF2N7O. The highest BCUT2D eigenvalue weighted by molar-refractivity contribution is 6.31. The molecule has 1 aromatic carbocycles. The lowest BCUT2D eigenvalue weighted by Crippen LogP contribution is -2.16. The highest BCUT2D eigenvalue weighted by Crippen LogP contribution is 2.41. The van der Waals surface area contributed by atoms with E-state index in [9.17, 15) is 8.78 Å². The monoisotopic (exact) mass is 455 g/mol. The third-order valence-electron chi connectivity index (χ3n) is 5.37. The van der Waals surface area contributed by atoms with Crippen LogP contribution in [0.4, 0.5) is 14.6 Å². The number of benzene rings is 1. The molecule has 1 atom stereocenters. The van der Waals surface area contributed by atoms with Crippen molar-refractivity contribution in [2.75, 3.05) is 5.73 Å². The highest BCUT2D eigenvalue weighted by Gasteiger charge is 2.31. The van der Waals surface area contributed by atoms with Crippen molar-refractivity contribution < 1.29 is 13.5 Å². The molecule has 3 heterocycles. The number of hydrogen-bond donors (Lipinski definition) is 1. The van der Waals surface area contributed by atoms with Gasteiger partial charge in [-0.2, -0.15) is 5.10 Å². The normalized spacial score (nSPS) is 15.5. The van der Waals surface area contributed by atoms with Crippen LogP contribution in [0.3, 0.4) is 0 Å². The lowest BCUT2D eigenvalue weighted by Gasteiger charge is -2.26. The van der Waals surface area contributed by atoms with Crippen molar-refractivity contribution >= 4 is 34.2 Å². The second kappa shape index (κ2) is 7.79. The molecule has 0 fully saturated rings. The van der Waals surface area contributed by atoms with E-state index < -0.39 is 22.6 Å². The van der Waals surface area contributed by atoms with Gasteiger partial charge in [0, 0.05) is 13.0 Å². The Morgan fingerprint density at radius 1 is 1.22 bits per heavy atom. The summed E-state index contributed by atoms with van der Waals surface area (Å²) in [5.41, 5.74) is 8.76. The minimum Gasteiger partial charge on any atom is -0.485 e. The summed E-state index contributed by atoms with van der Waals surface area (Å²) in [6.45, 7) is 0.0752. The molecule has 0 aliphatic heterocycles. The van der Waals surface area contributed by atoms with Crippen LogP contribution in [-0.4, -0.2) is 29.7 Å². The number of hydrogen-bond acceptors (Lipinski definition) is 7. The quantitative estimate of drug-likeness (QED) is 0.467. The first-order valence-corrected chi connectivity index (χ1v) is 10.0. The third-order valence-corrected chi connectivity index (χ3v) is 5.71. The molecular weight excluding hydrogens is 440 g/mol. The SMILES string of the molecule is Cn1ncc2nc(COC3=CCC(c4ccc(F)c(Cl)c4F)c4ncnc(N)c43)ncc21. The van der Waals surface area contributed by atoms with Crippen LogP contribution in [0.25, 0.3) is 16.8 Å². The largest absolute Gasteiger partial charge is 0.485 e. The van der Waals surface area contributed by atoms with Crippen LogP contribution in [0, 0.1) is 11.6 Å². The zero-order valence-electron chi connectivity index (χ0n) is 16.8. The minimum atomic E-state index is -0.823. The lowest BCUT2D eigenvalue weighted by atomic mass is 9.85. The molecule has 0 saturated carbocycles. The third kappa shape index (κ3) is 3.32. The number of aryl methyl sites for hydroxylation is 1. The molecule has 0 spiro atoms. The Morgan fingerprint density at radius 2 is 2.06 bits per heavy atom. The molecule has 1 aliphatic rings. The highest BCUT2D eigenvalue weighted by atomic mass is 35.5. The first-order chi connectivity index (χ1) is 15.4. The fraction of sp³-hybridized carbons (Fsp3) is 0.190. The maximum absolute atomic E-state index is 14.7. The van der Waals surface area contributed by atoms with Gasteiger partial charge in [-0.3, -0.25) is 4.68 Å². The molecule has 32 heavy (non-hydrogen) atoms. The molecule has 0 amide bonds. The summed E-state index contributed by atoms with van der Waals surface area (Å²) in [6, 6.07) is 2.49. The van der Waals surface area contributed by atoms with Crippen LogP contribution in [0.15, 0.2) is 36.9 Å². The molecule has 0 saturated heterocycles. The van der Waals surface area contributed by atoms with Crippen molar-refractivity contribution in [1.82, 2.24) is 29.7 Å². The van der Waals surface area contributed by atoms with Crippen LogP contribution in [0.2, 0.25) is 5.02 Å². The van der Waals surface area contributed by atoms with Gasteiger partial charge in [-0.25, -0.2) is 28.7 Å². The van der Waals surface area contributed by atoms with E-state index in [0.29, 0.717) is 34.8 Å². The van der Waals surface area contributed by atoms with Gasteiger partial charge in [-0.15, -0.1) is 0 Å². The van der Waals surface area contributed by atoms with E-state index in [1.165, 1.54) is 12.4 Å². The average molecular weight is 456 g/mol. The summed E-state index contributed by atoms with van der Waals surface area (Å²) >= 11 is 5.78. The number of ether oxygens (including phenoxy) is 1. The number of nitrogens with two attached hydrogens (primary N) is 1. The summed E-state index contributed by atoms with van der Waals surface area (Å²) in [4.78, 5) is 17.1. The van der Waals surface area contributed by atoms with E-state index in [1.807, 2.05) is 7.05 Å². The molecule has 4 aromatic rings. The van der Waals surface area contributed by atoms with Crippen molar-refractivity contribution in [3.63, 3.8) is 0 Å². The fourth-order valence-electron chi connectivity index (χ4n) is 3.77. The van der Waals surface area contributed by atoms with E-state index in [2.05, 4.69) is 25.0 Å². The van der Waals surface area contributed by atoms with Crippen molar-refractivity contribution in [2.24, 2.45) is 7.05 Å². The molecule has 1 aliphatic carbocycles. The zero-order valence-corrected chi connectivity index (χ0v) is 17.5. The van der Waals surface area contributed by atoms with Gasteiger partial charge in [-0.1, -0.05) is 17.7 Å². The molecule has 11 heteroatoms. The molecule has 5 rings (SSSR count). The Bertz CT molecular complexity index is 1390. The van der Waals surface area contributed by atoms with E-state index >= 15 is 0 Å². The van der Waals surface area contributed by atoms with Gasteiger partial charge in [0.2, 0.25) is 0 Å². The maximum Gasteiger partial charge on any atom is 0.166 e. The van der Waals surface area contributed by atoms with Gasteiger partial charge in [0.1, 0.15) is 52.2 Å². The van der Waals surface area contributed by atoms with Gasteiger partial charge >= 0.3 is 0 Å². The maximum atomic E-state index is 14.7. The second-order valence-electron chi connectivity index (χ2n) is 7.25. The summed E-state index contributed by atoms with van der Waals surface area (Å²) in [5, 5.41) is 3.59. The van der Waals surface area contributed by atoms with E-state index in [-0.39, 0.29) is 18.0 Å². The Morgan fingerprint density at radius 3 is 2.91 bits per heavy atom. The summed E-state index contributed by atoms with van der Waals surface area (Å²) in [7, 11) is 1.81. The molecule has 0 radical (unpaired) electrons. The smallest absolute Gasteiger partial charge is 0.166 e. The number of allylic oxidation sites excluding steroid dienone is 1. The number of rotatable bonds is 4. The average Bonchev–Trinajstić information content (AvgIpc) is 3.16. The van der Waals surface area contributed by atoms with Gasteiger partial charge < -0.3 is 10.5 Å². The topological polar surface area (TPSA) is 105 Å². The summed E-state index contributed by atoms with van der Waals surface area (Å²) in [5.74, 6) is -1.08. The van der Waals surface area contributed by atoms with Crippen LogP contribution in [0.5, 0.6) is 0 Å². The number of nitrogens with zero attached hydrogens (tertiary/aromatic N) is 6. The van der Waals surface area contributed by atoms with Gasteiger partial charge in [0.15, 0.2) is 5.82 Å². The number of nitrogen functional groups attached to an aromatic ring is 1. The standard InChI is InChI=1S/C21H16ClF2N7O/c1-31-14-7-26-16(30-13(14)6-29-31)8-32-15-5-3-11(20-17(15)21(25)28-9-27-20)10-2-4-12(23)18(22)19(10)24/h2,4-7,9,11H,3,8H2,1H3,(H2,25,27,28). The predicted octanol–water partition coefficient (Wildman–Crippen LogP) is 3.76. The van der Waals surface area contributed by atoms with Crippen molar-refractivity contribution in [3.05, 3.63) is 76.2 Å². The molecule has 162 valence electrons. The second-order valence-corrected chi connectivity index (χ2v) is 7.63. The Hall–Kier alpha value is -3.66. The van der Waals surface area contributed by atoms with Crippen LogP contribution >= 0.6 is 11.6 Å². The minimum absolute atomic E-state index is 0.0752. The molecule has 3 aromatic heterocycles. The van der Waals surface area contributed by atoms with Gasteiger partial charge in [0.25, 0.3) is 0 Å². The van der Waals surface area contributed by atoms with Crippen LogP contribution in [-0.2, 0) is 18.4 Å². The zero-order chi connectivity index (χ0) is 22.4. The Kier molecular flexibility index (Phi) is 4.93. The fourth-order valence-corrected chi connectivity index (χ4v) is 3.94. The number of halogens is 3. The molecule has 0 bridgehead atoms. The Labute approximate surface area is 185 Å². The molecule has 1 unspecified atom stereocenters. The van der Waals surface area contributed by atoms with Crippen LogP contribution in [0.1, 0.15) is 35.0 Å². The number of fused-ring (bicyclic) bond motifs is 2. The number of anilines is 1. The summed E-state index contributed by atoms with van der Waals surface area (Å²) < 4.78 is 36.0. The van der Waals surface area contributed by atoms with E-state index in [1.54, 1.807) is 23.2 Å². The molecule has 2 N–H and O–H groups in total. The first-order valence-electron chi connectivity index (χ1n) is 9.64. The van der Waals surface area contributed by atoms with Crippen molar-refractivity contribution in [3.8, 4) is 0 Å². The Balaban J connectivity index is 1.47. The summed E-state index contributed by atoms with van der Waals surface area (Å²) in [6.07, 6.45) is 6.74. The predicted molar refractivity (Wildman–Crippen MR) is 113 cm³/mol. The number of aromatic nitrogens is 6. The first kappa shape index (κ1) is 20.3. The van der Waals surface area contributed by atoms with E-state index in [0.717, 1.165) is 11.6 Å². The van der Waals surface area contributed by atoms with Crippen molar-refractivity contribution in [1.29, 1.82) is 0 Å². The molecule has 8 nitrogen and oxygen atoms in total. The van der Waals surface area contributed by atoms with Crippen LogP contribution < -0.4 is 5.73 Å². The van der Waals surface area contributed by atoms with Gasteiger partial charge in [-0.05, 0) is 24.1 Å². The van der Waals surface area contributed by atoms with E-state index in [4.69, 9.17) is 22.1 Å². The lowest BCUT2D eigenvalue weighted by molar-refractivity contribution is 0.252. The van der Waals surface area contributed by atoms with Crippen molar-refractivity contribution in [2.45, 2.75) is 18.9 Å².